The lowest BCUT2D eigenvalue weighted by atomic mass is 10.2. The molecule has 142 valence electrons. The molecule has 4 rings (SSSR count). The Morgan fingerprint density at radius 3 is 2.71 bits per heavy atom. The number of rotatable bonds is 6. The summed E-state index contributed by atoms with van der Waals surface area (Å²) in [6, 6.07) is 14.0. The van der Waals surface area contributed by atoms with E-state index < -0.39 is 0 Å². The van der Waals surface area contributed by atoms with Gasteiger partial charge in [-0.2, -0.15) is 5.10 Å². The summed E-state index contributed by atoms with van der Waals surface area (Å²) >= 11 is 8.44. The maximum absolute atomic E-state index is 12.8. The standard InChI is InChI=1S/C21H19N3OS3/c1-2-3-11-23-20(25)18(28-21(23)26)13-15-14-24(16-8-5-4-6-9-16)22-19(15)17-10-7-12-27-17/h4-10,12-14H,2-3,11H2,1H3. The van der Waals surface area contributed by atoms with Crippen LogP contribution in [-0.4, -0.2) is 31.5 Å². The number of hydrogen-bond acceptors (Lipinski definition) is 5. The number of nitrogens with zero attached hydrogens (tertiary/aromatic N) is 3. The minimum absolute atomic E-state index is 0.00644. The lowest BCUT2D eigenvalue weighted by Crippen LogP contribution is -2.28. The van der Waals surface area contributed by atoms with Crippen molar-refractivity contribution in [3.05, 3.63) is 64.5 Å². The number of benzene rings is 1. The molecule has 1 saturated heterocycles. The fourth-order valence-electron chi connectivity index (χ4n) is 2.96. The Kier molecular flexibility index (Phi) is 5.75. The van der Waals surface area contributed by atoms with Crippen LogP contribution in [0, 0.1) is 0 Å². The molecule has 0 saturated carbocycles. The third-order valence-electron chi connectivity index (χ3n) is 4.41. The Hall–Kier alpha value is -2.22. The van der Waals surface area contributed by atoms with Crippen molar-refractivity contribution in [3.63, 3.8) is 0 Å². The molecule has 1 fully saturated rings. The molecule has 0 N–H and O–H groups in total. The molecule has 0 spiro atoms. The van der Waals surface area contributed by atoms with Crippen LogP contribution in [-0.2, 0) is 4.79 Å². The van der Waals surface area contributed by atoms with Crippen LogP contribution in [0.15, 0.2) is 58.9 Å². The summed E-state index contributed by atoms with van der Waals surface area (Å²) in [6.45, 7) is 2.79. The van der Waals surface area contributed by atoms with Gasteiger partial charge in [-0.25, -0.2) is 4.68 Å². The molecule has 4 nitrogen and oxygen atoms in total. The Balaban J connectivity index is 1.73. The number of hydrogen-bond donors (Lipinski definition) is 0. The van der Waals surface area contributed by atoms with Gasteiger partial charge < -0.3 is 0 Å². The van der Waals surface area contributed by atoms with Gasteiger partial charge in [-0.1, -0.05) is 61.6 Å². The summed E-state index contributed by atoms with van der Waals surface area (Å²) in [5, 5.41) is 6.83. The SMILES string of the molecule is CCCCN1C(=O)C(=Cc2cn(-c3ccccc3)nc2-c2cccs2)SC1=S. The molecule has 1 amide bonds. The zero-order valence-corrected chi connectivity index (χ0v) is 17.8. The smallest absolute Gasteiger partial charge is 0.266 e. The Morgan fingerprint density at radius 2 is 2.00 bits per heavy atom. The van der Waals surface area contributed by atoms with Gasteiger partial charge in [0.2, 0.25) is 0 Å². The molecule has 28 heavy (non-hydrogen) atoms. The van der Waals surface area contributed by atoms with E-state index in [1.807, 2.05) is 64.8 Å². The van der Waals surface area contributed by atoms with E-state index in [4.69, 9.17) is 17.3 Å². The van der Waals surface area contributed by atoms with Gasteiger partial charge in [0.05, 0.1) is 15.5 Å². The number of aromatic nitrogens is 2. The maximum atomic E-state index is 12.8. The van der Waals surface area contributed by atoms with Crippen LogP contribution in [0.1, 0.15) is 25.3 Å². The van der Waals surface area contributed by atoms with Crippen molar-refractivity contribution in [1.29, 1.82) is 0 Å². The van der Waals surface area contributed by atoms with E-state index in [2.05, 4.69) is 6.92 Å². The largest absolute Gasteiger partial charge is 0.293 e. The molecule has 1 aliphatic rings. The fraction of sp³-hybridized carbons (Fsp3) is 0.190. The molecule has 0 radical (unpaired) electrons. The minimum Gasteiger partial charge on any atom is -0.293 e. The highest BCUT2D eigenvalue weighted by atomic mass is 32.2. The highest BCUT2D eigenvalue weighted by Crippen LogP contribution is 2.35. The lowest BCUT2D eigenvalue weighted by molar-refractivity contribution is -0.122. The van der Waals surface area contributed by atoms with Gasteiger partial charge in [0.1, 0.15) is 10.0 Å². The first kappa shape index (κ1) is 19.1. The Labute approximate surface area is 177 Å². The zero-order chi connectivity index (χ0) is 19.5. The van der Waals surface area contributed by atoms with E-state index in [-0.39, 0.29) is 5.91 Å². The second-order valence-corrected chi connectivity index (χ2v) is 9.00. The predicted octanol–water partition coefficient (Wildman–Crippen LogP) is 5.60. The Morgan fingerprint density at radius 1 is 1.18 bits per heavy atom. The summed E-state index contributed by atoms with van der Waals surface area (Å²) in [7, 11) is 0. The second-order valence-electron chi connectivity index (χ2n) is 6.38. The van der Waals surface area contributed by atoms with Crippen molar-refractivity contribution in [2.75, 3.05) is 6.54 Å². The maximum Gasteiger partial charge on any atom is 0.266 e. The highest BCUT2D eigenvalue weighted by molar-refractivity contribution is 8.26. The van der Waals surface area contributed by atoms with E-state index in [0.29, 0.717) is 15.8 Å². The fourth-order valence-corrected chi connectivity index (χ4v) is 4.99. The summed E-state index contributed by atoms with van der Waals surface area (Å²) < 4.78 is 2.50. The molecule has 0 bridgehead atoms. The van der Waals surface area contributed by atoms with E-state index in [1.54, 1.807) is 16.2 Å². The molecule has 0 unspecified atom stereocenters. The highest BCUT2D eigenvalue weighted by Gasteiger charge is 2.31. The first-order chi connectivity index (χ1) is 13.7. The molecular weight excluding hydrogens is 406 g/mol. The number of unbranched alkanes of at least 4 members (excludes halogenated alkanes) is 1. The summed E-state index contributed by atoms with van der Waals surface area (Å²) in [6.07, 6.45) is 5.88. The van der Waals surface area contributed by atoms with Crippen LogP contribution >= 0.6 is 35.3 Å². The van der Waals surface area contributed by atoms with Crippen molar-refractivity contribution >= 4 is 51.6 Å². The van der Waals surface area contributed by atoms with Crippen molar-refractivity contribution in [2.24, 2.45) is 0 Å². The molecular formula is C21H19N3OS3. The zero-order valence-electron chi connectivity index (χ0n) is 15.4. The van der Waals surface area contributed by atoms with Gasteiger partial charge in [-0.15, -0.1) is 11.3 Å². The molecule has 3 aromatic rings. The van der Waals surface area contributed by atoms with Crippen molar-refractivity contribution < 1.29 is 4.79 Å². The quantitative estimate of drug-likeness (QED) is 0.380. The molecule has 7 heteroatoms. The van der Waals surface area contributed by atoms with Gasteiger partial charge in [0, 0.05) is 18.3 Å². The molecule has 3 heterocycles. The van der Waals surface area contributed by atoms with Crippen LogP contribution < -0.4 is 0 Å². The molecule has 0 aliphatic carbocycles. The van der Waals surface area contributed by atoms with E-state index in [9.17, 15) is 4.79 Å². The van der Waals surface area contributed by atoms with Gasteiger partial charge in [0.15, 0.2) is 0 Å². The molecule has 2 aromatic heterocycles. The van der Waals surface area contributed by atoms with E-state index in [0.717, 1.165) is 34.7 Å². The number of para-hydroxylation sites is 1. The van der Waals surface area contributed by atoms with Crippen molar-refractivity contribution in [1.82, 2.24) is 14.7 Å². The van der Waals surface area contributed by atoms with E-state index >= 15 is 0 Å². The summed E-state index contributed by atoms with van der Waals surface area (Å²) in [5.74, 6) is -0.00644. The second kappa shape index (κ2) is 8.43. The number of thiocarbonyl (C=S) groups is 1. The monoisotopic (exact) mass is 425 g/mol. The predicted molar refractivity (Wildman–Crippen MR) is 122 cm³/mol. The average Bonchev–Trinajstić information content (AvgIpc) is 3.42. The van der Waals surface area contributed by atoms with Crippen molar-refractivity contribution in [3.8, 4) is 16.3 Å². The normalized spacial score (nSPS) is 15.8. The van der Waals surface area contributed by atoms with Gasteiger partial charge in [0.25, 0.3) is 5.91 Å². The van der Waals surface area contributed by atoms with Gasteiger partial charge in [-0.05, 0) is 36.1 Å². The minimum atomic E-state index is -0.00644. The number of thiophene rings is 1. The third-order valence-corrected chi connectivity index (χ3v) is 6.67. The van der Waals surface area contributed by atoms with Crippen LogP contribution in [0.25, 0.3) is 22.3 Å². The lowest BCUT2D eigenvalue weighted by Gasteiger charge is -2.12. The van der Waals surface area contributed by atoms with Crippen LogP contribution in [0.5, 0.6) is 0 Å². The van der Waals surface area contributed by atoms with E-state index in [1.165, 1.54) is 11.8 Å². The number of carbonyl (C=O) groups excluding carboxylic acids is 1. The number of carbonyl (C=O) groups is 1. The van der Waals surface area contributed by atoms with Crippen LogP contribution in [0.2, 0.25) is 0 Å². The summed E-state index contributed by atoms with van der Waals surface area (Å²) in [5.41, 5.74) is 2.77. The van der Waals surface area contributed by atoms with Crippen LogP contribution in [0.4, 0.5) is 0 Å². The number of amides is 1. The molecule has 1 aliphatic heterocycles. The van der Waals surface area contributed by atoms with Gasteiger partial charge >= 0.3 is 0 Å². The molecule has 0 atom stereocenters. The average molecular weight is 426 g/mol. The third kappa shape index (κ3) is 3.83. The summed E-state index contributed by atoms with van der Waals surface area (Å²) in [4.78, 5) is 16.3. The molecule has 1 aromatic carbocycles. The Bertz CT molecular complexity index is 1020. The van der Waals surface area contributed by atoms with Gasteiger partial charge in [-0.3, -0.25) is 9.69 Å². The van der Waals surface area contributed by atoms with Crippen LogP contribution in [0.3, 0.4) is 0 Å². The van der Waals surface area contributed by atoms with Crippen molar-refractivity contribution in [2.45, 2.75) is 19.8 Å². The number of thioether (sulfide) groups is 1. The first-order valence-corrected chi connectivity index (χ1v) is 11.2. The topological polar surface area (TPSA) is 38.1 Å². The first-order valence-electron chi connectivity index (χ1n) is 9.11.